The van der Waals surface area contributed by atoms with Crippen molar-refractivity contribution in [3.63, 3.8) is 0 Å². The molecule has 0 aromatic carbocycles. The van der Waals surface area contributed by atoms with E-state index in [0.29, 0.717) is 5.88 Å². The summed E-state index contributed by atoms with van der Waals surface area (Å²) >= 11 is 5.73. The zero-order valence-corrected chi connectivity index (χ0v) is 8.63. The molecule has 0 rings (SSSR count). The molecular formula is C9H18ClN. The van der Waals surface area contributed by atoms with Crippen molar-refractivity contribution in [1.82, 2.24) is 5.32 Å². The van der Waals surface area contributed by atoms with Crippen LogP contribution < -0.4 is 5.32 Å². The van der Waals surface area contributed by atoms with Gasteiger partial charge < -0.3 is 5.32 Å². The monoisotopic (exact) mass is 175 g/mol. The molecule has 0 saturated heterocycles. The lowest BCUT2D eigenvalue weighted by atomic mass is 10.1. The van der Waals surface area contributed by atoms with Gasteiger partial charge in [-0.1, -0.05) is 11.6 Å². The number of alkyl halides is 1. The molecule has 0 unspecified atom stereocenters. The molecule has 0 radical (unpaired) electrons. The summed E-state index contributed by atoms with van der Waals surface area (Å²) in [6.07, 6.45) is 2.16. The predicted molar refractivity (Wildman–Crippen MR) is 52.2 cm³/mol. The van der Waals surface area contributed by atoms with Gasteiger partial charge in [-0.2, -0.15) is 0 Å². The van der Waals surface area contributed by atoms with E-state index in [-0.39, 0.29) is 5.54 Å². The van der Waals surface area contributed by atoms with Gasteiger partial charge in [-0.15, -0.1) is 11.6 Å². The van der Waals surface area contributed by atoms with Gasteiger partial charge in [0.2, 0.25) is 0 Å². The SMILES string of the molecule is CC(C)=CCNC(C)(C)CCl. The summed E-state index contributed by atoms with van der Waals surface area (Å²) < 4.78 is 0. The van der Waals surface area contributed by atoms with Crippen LogP contribution in [0.15, 0.2) is 11.6 Å². The fourth-order valence-electron chi connectivity index (χ4n) is 0.579. The molecular weight excluding hydrogens is 158 g/mol. The van der Waals surface area contributed by atoms with E-state index in [1.807, 2.05) is 0 Å². The molecule has 0 fully saturated rings. The molecule has 0 aliphatic heterocycles. The molecule has 0 aliphatic rings. The Hall–Kier alpha value is -0.0100. The number of nitrogens with one attached hydrogen (secondary N) is 1. The standard InChI is InChI=1S/C9H18ClN/c1-8(2)5-6-11-9(3,4)7-10/h5,11H,6-7H2,1-4H3. The van der Waals surface area contributed by atoms with Crippen LogP contribution >= 0.6 is 11.6 Å². The Morgan fingerprint density at radius 1 is 1.45 bits per heavy atom. The molecule has 0 saturated carbocycles. The fourth-order valence-corrected chi connectivity index (χ4v) is 0.673. The smallest absolute Gasteiger partial charge is 0.0400 e. The summed E-state index contributed by atoms with van der Waals surface area (Å²) in [4.78, 5) is 0. The lowest BCUT2D eigenvalue weighted by Crippen LogP contribution is -2.40. The molecule has 0 spiro atoms. The minimum atomic E-state index is 0.0491. The number of hydrogen-bond donors (Lipinski definition) is 1. The first-order valence-electron chi connectivity index (χ1n) is 3.92. The van der Waals surface area contributed by atoms with Crippen molar-refractivity contribution in [2.45, 2.75) is 33.2 Å². The van der Waals surface area contributed by atoms with E-state index >= 15 is 0 Å². The van der Waals surface area contributed by atoms with Crippen LogP contribution in [0.2, 0.25) is 0 Å². The second-order valence-corrected chi connectivity index (χ2v) is 3.95. The van der Waals surface area contributed by atoms with Gasteiger partial charge >= 0.3 is 0 Å². The Balaban J connectivity index is 3.62. The van der Waals surface area contributed by atoms with Crippen molar-refractivity contribution in [2.24, 2.45) is 0 Å². The summed E-state index contributed by atoms with van der Waals surface area (Å²) in [5.41, 5.74) is 1.39. The maximum Gasteiger partial charge on any atom is 0.0400 e. The minimum Gasteiger partial charge on any atom is -0.307 e. The highest BCUT2D eigenvalue weighted by atomic mass is 35.5. The maximum absolute atomic E-state index is 5.73. The van der Waals surface area contributed by atoms with Gasteiger partial charge in [-0.3, -0.25) is 0 Å². The quantitative estimate of drug-likeness (QED) is 0.512. The zero-order valence-electron chi connectivity index (χ0n) is 7.87. The van der Waals surface area contributed by atoms with E-state index in [9.17, 15) is 0 Å². The van der Waals surface area contributed by atoms with Crippen LogP contribution in [0.25, 0.3) is 0 Å². The second-order valence-electron chi connectivity index (χ2n) is 3.68. The van der Waals surface area contributed by atoms with Gasteiger partial charge in [-0.25, -0.2) is 0 Å². The topological polar surface area (TPSA) is 12.0 Å². The van der Waals surface area contributed by atoms with Crippen LogP contribution in [0.5, 0.6) is 0 Å². The van der Waals surface area contributed by atoms with Crippen LogP contribution in [0.4, 0.5) is 0 Å². The van der Waals surface area contributed by atoms with E-state index in [1.165, 1.54) is 5.57 Å². The van der Waals surface area contributed by atoms with Crippen LogP contribution in [0.3, 0.4) is 0 Å². The van der Waals surface area contributed by atoms with Crippen molar-refractivity contribution in [3.05, 3.63) is 11.6 Å². The van der Waals surface area contributed by atoms with Crippen molar-refractivity contribution >= 4 is 11.6 Å². The Kier molecular flexibility index (Phi) is 4.78. The molecule has 66 valence electrons. The number of allylic oxidation sites excluding steroid dienone is 1. The van der Waals surface area contributed by atoms with E-state index in [2.05, 4.69) is 39.1 Å². The largest absolute Gasteiger partial charge is 0.307 e. The van der Waals surface area contributed by atoms with Gasteiger partial charge in [0.25, 0.3) is 0 Å². The minimum absolute atomic E-state index is 0.0491. The molecule has 1 nitrogen and oxygen atoms in total. The van der Waals surface area contributed by atoms with Crippen molar-refractivity contribution in [1.29, 1.82) is 0 Å². The zero-order chi connectivity index (χ0) is 8.91. The third-order valence-electron chi connectivity index (χ3n) is 1.43. The molecule has 0 amide bonds. The summed E-state index contributed by atoms with van der Waals surface area (Å²) in [6.45, 7) is 9.28. The van der Waals surface area contributed by atoms with Gasteiger partial charge in [0.1, 0.15) is 0 Å². The van der Waals surface area contributed by atoms with Crippen LogP contribution in [-0.2, 0) is 0 Å². The highest BCUT2D eigenvalue weighted by Gasteiger charge is 2.13. The van der Waals surface area contributed by atoms with Gasteiger partial charge in [0.15, 0.2) is 0 Å². The van der Waals surface area contributed by atoms with E-state index < -0.39 is 0 Å². The predicted octanol–water partition coefficient (Wildman–Crippen LogP) is 2.56. The first-order chi connectivity index (χ1) is 4.98. The summed E-state index contributed by atoms with van der Waals surface area (Å²) in [5, 5.41) is 3.33. The average molecular weight is 176 g/mol. The highest BCUT2D eigenvalue weighted by molar-refractivity contribution is 6.18. The van der Waals surface area contributed by atoms with Gasteiger partial charge in [0.05, 0.1) is 0 Å². The summed E-state index contributed by atoms with van der Waals surface area (Å²) in [5.74, 6) is 0.642. The van der Waals surface area contributed by atoms with Crippen LogP contribution in [0, 0.1) is 0 Å². The van der Waals surface area contributed by atoms with E-state index in [0.717, 1.165) is 6.54 Å². The maximum atomic E-state index is 5.73. The summed E-state index contributed by atoms with van der Waals surface area (Å²) in [6, 6.07) is 0. The Morgan fingerprint density at radius 2 is 2.00 bits per heavy atom. The molecule has 0 aromatic rings. The lowest BCUT2D eigenvalue weighted by Gasteiger charge is -2.22. The van der Waals surface area contributed by atoms with Crippen molar-refractivity contribution < 1.29 is 0 Å². The fraction of sp³-hybridized carbons (Fsp3) is 0.778. The first-order valence-corrected chi connectivity index (χ1v) is 4.46. The normalized spacial score (nSPS) is 11.4. The van der Waals surface area contributed by atoms with Crippen molar-refractivity contribution in [2.75, 3.05) is 12.4 Å². The Morgan fingerprint density at radius 3 is 2.36 bits per heavy atom. The first kappa shape index (κ1) is 11.0. The highest BCUT2D eigenvalue weighted by Crippen LogP contribution is 2.03. The third-order valence-corrected chi connectivity index (χ3v) is 2.09. The molecule has 0 aliphatic carbocycles. The molecule has 0 bridgehead atoms. The number of hydrogen-bond acceptors (Lipinski definition) is 1. The van der Waals surface area contributed by atoms with Gasteiger partial charge in [-0.05, 0) is 27.7 Å². The summed E-state index contributed by atoms with van der Waals surface area (Å²) in [7, 11) is 0. The van der Waals surface area contributed by atoms with Gasteiger partial charge in [0, 0.05) is 18.0 Å². The number of halogens is 1. The van der Waals surface area contributed by atoms with Crippen LogP contribution in [0.1, 0.15) is 27.7 Å². The molecule has 2 heteroatoms. The Bertz CT molecular complexity index is 134. The Labute approximate surface area is 74.8 Å². The van der Waals surface area contributed by atoms with Crippen molar-refractivity contribution in [3.8, 4) is 0 Å². The third kappa shape index (κ3) is 6.39. The molecule has 0 heterocycles. The second kappa shape index (κ2) is 4.78. The lowest BCUT2D eigenvalue weighted by molar-refractivity contribution is 0.455. The molecule has 0 aromatic heterocycles. The van der Waals surface area contributed by atoms with E-state index in [1.54, 1.807) is 0 Å². The molecule has 11 heavy (non-hydrogen) atoms. The average Bonchev–Trinajstić information content (AvgIpc) is 1.87. The molecule has 1 N–H and O–H groups in total. The molecule has 0 atom stereocenters. The van der Waals surface area contributed by atoms with Crippen LogP contribution in [-0.4, -0.2) is 18.0 Å². The number of rotatable bonds is 4. The van der Waals surface area contributed by atoms with E-state index in [4.69, 9.17) is 11.6 Å².